The molecule has 0 saturated heterocycles. The number of halogens is 1. The maximum atomic E-state index is 12.5. The number of anilines is 1. The summed E-state index contributed by atoms with van der Waals surface area (Å²) in [5.74, 6) is 0. The van der Waals surface area contributed by atoms with Gasteiger partial charge in [0.1, 0.15) is 4.21 Å². The van der Waals surface area contributed by atoms with E-state index in [9.17, 15) is 8.42 Å². The fraction of sp³-hybridized carbons (Fsp3) is 0.250. The van der Waals surface area contributed by atoms with Crippen LogP contribution in [0.5, 0.6) is 0 Å². The first-order chi connectivity index (χ1) is 8.59. The van der Waals surface area contributed by atoms with Crippen molar-refractivity contribution in [3.63, 3.8) is 0 Å². The zero-order valence-electron chi connectivity index (χ0n) is 10.6. The molecule has 0 unspecified atom stereocenters. The van der Waals surface area contributed by atoms with Gasteiger partial charge in [-0.2, -0.15) is 0 Å². The number of hydrogen-bond acceptors (Lipinski definition) is 5. The van der Waals surface area contributed by atoms with Crippen LogP contribution >= 0.6 is 23.7 Å². The third kappa shape index (κ3) is 3.08. The summed E-state index contributed by atoms with van der Waals surface area (Å²) in [6.45, 7) is 1.94. The lowest BCUT2D eigenvalue weighted by Gasteiger charge is -2.06. The Hall–Kier alpha value is -1.11. The van der Waals surface area contributed by atoms with E-state index < -0.39 is 9.84 Å². The van der Waals surface area contributed by atoms with Gasteiger partial charge in [-0.1, -0.05) is 36.5 Å². The SMILES string of the molecule is CCc1ccccc1S(=O)(=O)c1cnc(NC)s1.Cl. The smallest absolute Gasteiger partial charge is 0.217 e. The molecule has 19 heavy (non-hydrogen) atoms. The average Bonchev–Trinajstić information content (AvgIpc) is 2.88. The van der Waals surface area contributed by atoms with E-state index in [-0.39, 0.29) is 16.6 Å². The summed E-state index contributed by atoms with van der Waals surface area (Å²) in [7, 11) is -1.74. The molecule has 2 rings (SSSR count). The number of nitrogens with zero attached hydrogens (tertiary/aromatic N) is 1. The quantitative estimate of drug-likeness (QED) is 0.941. The molecular formula is C12H15ClN2O2S2. The van der Waals surface area contributed by atoms with Crippen LogP contribution in [0, 0.1) is 0 Å². The topological polar surface area (TPSA) is 59.1 Å². The summed E-state index contributed by atoms with van der Waals surface area (Å²) in [6.07, 6.45) is 2.09. The van der Waals surface area contributed by atoms with Gasteiger partial charge in [0, 0.05) is 7.05 Å². The standard InChI is InChI=1S/C12H14N2O2S2.ClH/c1-3-9-6-4-5-7-10(9)18(15,16)11-8-14-12(13-2)17-11;/h4-8H,3H2,1-2H3,(H,13,14);1H. The Morgan fingerprint density at radius 2 is 2.00 bits per heavy atom. The van der Waals surface area contributed by atoms with Crippen molar-refractivity contribution in [2.75, 3.05) is 12.4 Å². The molecule has 0 aliphatic rings. The molecule has 0 amide bonds. The summed E-state index contributed by atoms with van der Waals surface area (Å²) >= 11 is 1.14. The zero-order chi connectivity index (χ0) is 13.2. The van der Waals surface area contributed by atoms with Crippen LogP contribution in [0.25, 0.3) is 0 Å². The van der Waals surface area contributed by atoms with Crippen LogP contribution in [0.15, 0.2) is 39.6 Å². The molecule has 0 spiro atoms. The molecule has 0 aliphatic heterocycles. The Morgan fingerprint density at radius 1 is 1.32 bits per heavy atom. The van der Waals surface area contributed by atoms with Crippen LogP contribution in [0.3, 0.4) is 0 Å². The molecule has 0 saturated carbocycles. The Bertz CT molecular complexity index is 653. The maximum absolute atomic E-state index is 12.5. The van der Waals surface area contributed by atoms with E-state index in [4.69, 9.17) is 0 Å². The molecule has 104 valence electrons. The highest BCUT2D eigenvalue weighted by molar-refractivity contribution is 7.93. The monoisotopic (exact) mass is 318 g/mol. The molecule has 1 heterocycles. The zero-order valence-corrected chi connectivity index (χ0v) is 13.0. The molecule has 2 aromatic rings. The van der Waals surface area contributed by atoms with Crippen molar-refractivity contribution in [1.82, 2.24) is 4.98 Å². The second-order valence-corrected chi connectivity index (χ2v) is 6.87. The number of rotatable bonds is 4. The van der Waals surface area contributed by atoms with Crippen LogP contribution in [0.4, 0.5) is 5.13 Å². The Morgan fingerprint density at radius 3 is 2.58 bits per heavy atom. The lowest BCUT2D eigenvalue weighted by molar-refractivity contribution is 0.597. The van der Waals surface area contributed by atoms with Crippen molar-refractivity contribution in [1.29, 1.82) is 0 Å². The number of nitrogens with one attached hydrogen (secondary N) is 1. The molecule has 1 aromatic carbocycles. The molecule has 1 aromatic heterocycles. The third-order valence-electron chi connectivity index (χ3n) is 2.61. The largest absolute Gasteiger partial charge is 0.365 e. The van der Waals surface area contributed by atoms with Gasteiger partial charge in [0.25, 0.3) is 0 Å². The van der Waals surface area contributed by atoms with Crippen molar-refractivity contribution < 1.29 is 8.42 Å². The first-order valence-electron chi connectivity index (χ1n) is 5.56. The van der Waals surface area contributed by atoms with Gasteiger partial charge in [0.05, 0.1) is 11.1 Å². The predicted molar refractivity (Wildman–Crippen MR) is 80.2 cm³/mol. The van der Waals surface area contributed by atoms with Crippen molar-refractivity contribution in [2.45, 2.75) is 22.4 Å². The first kappa shape index (κ1) is 15.9. The minimum Gasteiger partial charge on any atom is -0.365 e. The number of thiazole rings is 1. The van der Waals surface area contributed by atoms with E-state index in [1.165, 1.54) is 6.20 Å². The number of sulfone groups is 1. The third-order valence-corrected chi connectivity index (χ3v) is 5.94. The molecule has 7 heteroatoms. The lowest BCUT2D eigenvalue weighted by Crippen LogP contribution is -2.03. The number of aromatic nitrogens is 1. The van der Waals surface area contributed by atoms with E-state index in [2.05, 4.69) is 10.3 Å². The summed E-state index contributed by atoms with van der Waals surface area (Å²) in [4.78, 5) is 4.38. The molecule has 0 aliphatic carbocycles. The van der Waals surface area contributed by atoms with E-state index in [0.717, 1.165) is 16.9 Å². The van der Waals surface area contributed by atoms with Gasteiger partial charge in [-0.05, 0) is 18.1 Å². The second kappa shape index (κ2) is 6.36. The first-order valence-corrected chi connectivity index (χ1v) is 7.86. The highest BCUT2D eigenvalue weighted by atomic mass is 35.5. The second-order valence-electron chi connectivity index (χ2n) is 3.70. The number of benzene rings is 1. The van der Waals surface area contributed by atoms with E-state index in [1.54, 1.807) is 19.2 Å². The van der Waals surface area contributed by atoms with Crippen molar-refractivity contribution in [3.8, 4) is 0 Å². The normalized spacial score (nSPS) is 10.8. The molecule has 4 nitrogen and oxygen atoms in total. The Labute approximate surface area is 123 Å². The highest BCUT2D eigenvalue weighted by Gasteiger charge is 2.22. The van der Waals surface area contributed by atoms with Gasteiger partial charge in [0.2, 0.25) is 9.84 Å². The van der Waals surface area contributed by atoms with Gasteiger partial charge in [-0.3, -0.25) is 0 Å². The van der Waals surface area contributed by atoms with Crippen LogP contribution in [-0.4, -0.2) is 20.4 Å². The lowest BCUT2D eigenvalue weighted by atomic mass is 10.2. The van der Waals surface area contributed by atoms with Crippen molar-refractivity contribution in [2.24, 2.45) is 0 Å². The van der Waals surface area contributed by atoms with Gasteiger partial charge in [-0.15, -0.1) is 12.4 Å². The minimum atomic E-state index is -3.45. The van der Waals surface area contributed by atoms with E-state index >= 15 is 0 Å². The molecule has 0 fully saturated rings. The fourth-order valence-corrected chi connectivity index (χ4v) is 4.34. The van der Waals surface area contributed by atoms with Gasteiger partial charge in [-0.25, -0.2) is 13.4 Å². The van der Waals surface area contributed by atoms with Crippen LogP contribution in [0.2, 0.25) is 0 Å². The number of aryl methyl sites for hydroxylation is 1. The molecule has 0 bridgehead atoms. The summed E-state index contributed by atoms with van der Waals surface area (Å²) in [5, 5.41) is 3.44. The van der Waals surface area contributed by atoms with E-state index in [1.807, 2.05) is 19.1 Å². The fourth-order valence-electron chi connectivity index (χ4n) is 1.67. The van der Waals surface area contributed by atoms with E-state index in [0.29, 0.717) is 16.4 Å². The summed E-state index contributed by atoms with van der Waals surface area (Å²) in [6, 6.07) is 7.08. The molecule has 0 radical (unpaired) electrons. The van der Waals surface area contributed by atoms with Crippen LogP contribution in [-0.2, 0) is 16.3 Å². The van der Waals surface area contributed by atoms with Gasteiger partial charge >= 0.3 is 0 Å². The van der Waals surface area contributed by atoms with Gasteiger partial charge < -0.3 is 5.32 Å². The molecule has 1 N–H and O–H groups in total. The summed E-state index contributed by atoms with van der Waals surface area (Å²) < 4.78 is 25.2. The minimum absolute atomic E-state index is 0. The van der Waals surface area contributed by atoms with Gasteiger partial charge in [0.15, 0.2) is 5.13 Å². The Kier molecular flexibility index (Phi) is 5.34. The van der Waals surface area contributed by atoms with Crippen LogP contribution < -0.4 is 5.32 Å². The summed E-state index contributed by atoms with van der Waals surface area (Å²) in [5.41, 5.74) is 0.830. The van der Waals surface area contributed by atoms with Crippen molar-refractivity contribution in [3.05, 3.63) is 36.0 Å². The van der Waals surface area contributed by atoms with Crippen LogP contribution in [0.1, 0.15) is 12.5 Å². The average molecular weight is 319 g/mol. The Balaban J connectivity index is 0.00000180. The number of hydrogen-bond donors (Lipinski definition) is 1. The predicted octanol–water partition coefficient (Wildman–Crippen LogP) is 3.00. The van der Waals surface area contributed by atoms with Crippen molar-refractivity contribution >= 4 is 38.7 Å². The highest BCUT2D eigenvalue weighted by Crippen LogP contribution is 2.30. The molecule has 0 atom stereocenters. The molecular weight excluding hydrogens is 304 g/mol. The maximum Gasteiger partial charge on any atom is 0.217 e.